The maximum Gasteiger partial charge on any atom is 0.115 e. The smallest absolute Gasteiger partial charge is 0.115 e. The van der Waals surface area contributed by atoms with E-state index in [0.29, 0.717) is 5.75 Å². The van der Waals surface area contributed by atoms with E-state index in [4.69, 9.17) is 4.74 Å². The molecule has 1 N–H and O–H groups in total. The van der Waals surface area contributed by atoms with Gasteiger partial charge in [0.25, 0.3) is 0 Å². The highest BCUT2D eigenvalue weighted by Crippen LogP contribution is 2.38. The van der Waals surface area contributed by atoms with Gasteiger partial charge in [0.1, 0.15) is 5.75 Å². The van der Waals surface area contributed by atoms with Crippen molar-refractivity contribution in [3.8, 4) is 5.75 Å². The lowest BCUT2D eigenvalue weighted by Gasteiger charge is -2.43. The van der Waals surface area contributed by atoms with E-state index in [9.17, 15) is 5.11 Å². The maximum atomic E-state index is 9.36. The van der Waals surface area contributed by atoms with Gasteiger partial charge >= 0.3 is 0 Å². The lowest BCUT2D eigenvalue weighted by Crippen LogP contribution is -2.43. The average Bonchev–Trinajstić information content (AvgIpc) is 2.41. The standard InChI is InChI=1S/C18H28O2/c1-4-18(12-6-5-7-13-18)20-17(2,3)14-15-8-10-16(19)11-9-15/h8-11,19H,4-7,12-14H2,1-3H3. The Morgan fingerprint density at radius 3 is 2.25 bits per heavy atom. The van der Waals surface area contributed by atoms with Crippen molar-refractivity contribution in [1.29, 1.82) is 0 Å². The third-order valence-electron chi connectivity index (χ3n) is 4.47. The molecule has 0 saturated heterocycles. The predicted molar refractivity (Wildman–Crippen MR) is 83.1 cm³/mol. The van der Waals surface area contributed by atoms with Crippen molar-refractivity contribution in [1.82, 2.24) is 0 Å². The second kappa shape index (κ2) is 6.17. The minimum absolute atomic E-state index is 0.0820. The van der Waals surface area contributed by atoms with Crippen LogP contribution in [-0.2, 0) is 11.2 Å². The number of phenols is 1. The molecule has 1 saturated carbocycles. The molecule has 0 aliphatic heterocycles. The summed E-state index contributed by atoms with van der Waals surface area (Å²) in [5, 5.41) is 9.36. The Balaban J connectivity index is 2.03. The molecule has 0 amide bonds. The molecule has 20 heavy (non-hydrogen) atoms. The summed E-state index contributed by atoms with van der Waals surface area (Å²) < 4.78 is 6.59. The summed E-state index contributed by atoms with van der Waals surface area (Å²) in [5.41, 5.74) is 1.14. The first-order valence-corrected chi connectivity index (χ1v) is 7.93. The summed E-state index contributed by atoms with van der Waals surface area (Å²) in [6.07, 6.45) is 8.32. The van der Waals surface area contributed by atoms with Crippen LogP contribution in [-0.4, -0.2) is 16.3 Å². The molecule has 0 unspecified atom stereocenters. The van der Waals surface area contributed by atoms with Crippen LogP contribution in [0.5, 0.6) is 5.75 Å². The summed E-state index contributed by atoms with van der Waals surface area (Å²) in [6, 6.07) is 7.48. The summed E-state index contributed by atoms with van der Waals surface area (Å²) in [6.45, 7) is 6.62. The summed E-state index contributed by atoms with van der Waals surface area (Å²) in [4.78, 5) is 0. The van der Waals surface area contributed by atoms with Crippen LogP contribution in [0.1, 0.15) is 64.9 Å². The molecule has 1 aliphatic rings. The molecule has 1 aliphatic carbocycles. The van der Waals surface area contributed by atoms with Crippen LogP contribution in [0.4, 0.5) is 0 Å². The Bertz CT molecular complexity index is 414. The number of ether oxygens (including phenoxy) is 1. The van der Waals surface area contributed by atoms with Gasteiger partial charge in [-0.3, -0.25) is 0 Å². The van der Waals surface area contributed by atoms with Gasteiger partial charge in [-0.05, 0) is 50.8 Å². The molecular weight excluding hydrogens is 248 g/mol. The molecule has 2 heteroatoms. The molecule has 1 aromatic rings. The highest BCUT2D eigenvalue weighted by atomic mass is 16.5. The van der Waals surface area contributed by atoms with Gasteiger partial charge in [0, 0.05) is 6.42 Å². The van der Waals surface area contributed by atoms with Crippen molar-refractivity contribution in [3.63, 3.8) is 0 Å². The summed E-state index contributed by atoms with van der Waals surface area (Å²) in [5.74, 6) is 0.324. The lowest BCUT2D eigenvalue weighted by atomic mass is 9.81. The first-order chi connectivity index (χ1) is 9.45. The topological polar surface area (TPSA) is 29.5 Å². The van der Waals surface area contributed by atoms with Crippen molar-refractivity contribution >= 4 is 0 Å². The Hall–Kier alpha value is -1.02. The Labute approximate surface area is 123 Å². The van der Waals surface area contributed by atoms with E-state index in [1.54, 1.807) is 12.1 Å². The first kappa shape index (κ1) is 15.4. The minimum atomic E-state index is -0.162. The van der Waals surface area contributed by atoms with E-state index in [2.05, 4.69) is 20.8 Å². The molecule has 2 nitrogen and oxygen atoms in total. The molecule has 1 aromatic carbocycles. The first-order valence-electron chi connectivity index (χ1n) is 7.93. The van der Waals surface area contributed by atoms with E-state index in [1.807, 2.05) is 12.1 Å². The van der Waals surface area contributed by atoms with Crippen molar-refractivity contribution in [3.05, 3.63) is 29.8 Å². The van der Waals surface area contributed by atoms with Crippen molar-refractivity contribution in [2.45, 2.75) is 76.9 Å². The lowest BCUT2D eigenvalue weighted by molar-refractivity contribution is -0.157. The molecule has 0 heterocycles. The van der Waals surface area contributed by atoms with Crippen molar-refractivity contribution in [2.24, 2.45) is 0 Å². The van der Waals surface area contributed by atoms with Gasteiger partial charge in [-0.15, -0.1) is 0 Å². The van der Waals surface area contributed by atoms with Crippen LogP contribution in [0.3, 0.4) is 0 Å². The molecular formula is C18H28O2. The van der Waals surface area contributed by atoms with Gasteiger partial charge in [-0.1, -0.05) is 38.3 Å². The normalized spacial score (nSPS) is 18.9. The van der Waals surface area contributed by atoms with Crippen molar-refractivity contribution < 1.29 is 9.84 Å². The van der Waals surface area contributed by atoms with Crippen LogP contribution < -0.4 is 0 Å². The van der Waals surface area contributed by atoms with Crippen LogP contribution >= 0.6 is 0 Å². The van der Waals surface area contributed by atoms with E-state index >= 15 is 0 Å². The number of phenolic OH excluding ortho intramolecular Hbond substituents is 1. The van der Waals surface area contributed by atoms with Gasteiger partial charge in [-0.25, -0.2) is 0 Å². The quantitative estimate of drug-likeness (QED) is 0.833. The van der Waals surface area contributed by atoms with Crippen LogP contribution in [0.15, 0.2) is 24.3 Å². The molecule has 0 radical (unpaired) electrons. The molecule has 1 fully saturated rings. The number of benzene rings is 1. The Kier molecular flexibility index (Phi) is 4.74. The molecule has 0 spiro atoms. The van der Waals surface area contributed by atoms with Gasteiger partial charge in [0.15, 0.2) is 0 Å². The van der Waals surface area contributed by atoms with Crippen molar-refractivity contribution in [2.75, 3.05) is 0 Å². The zero-order valence-corrected chi connectivity index (χ0v) is 13.1. The molecule has 2 rings (SSSR count). The van der Waals surface area contributed by atoms with E-state index in [0.717, 1.165) is 12.8 Å². The van der Waals surface area contributed by atoms with Crippen LogP contribution in [0.2, 0.25) is 0 Å². The second-order valence-corrected chi connectivity index (χ2v) is 6.80. The zero-order valence-electron chi connectivity index (χ0n) is 13.1. The fourth-order valence-electron chi connectivity index (χ4n) is 3.45. The highest BCUT2D eigenvalue weighted by Gasteiger charge is 2.36. The highest BCUT2D eigenvalue weighted by molar-refractivity contribution is 5.26. The number of hydrogen-bond donors (Lipinski definition) is 1. The summed E-state index contributed by atoms with van der Waals surface area (Å²) in [7, 11) is 0. The second-order valence-electron chi connectivity index (χ2n) is 6.80. The maximum absolute atomic E-state index is 9.36. The Morgan fingerprint density at radius 2 is 1.70 bits per heavy atom. The van der Waals surface area contributed by atoms with Crippen LogP contribution in [0, 0.1) is 0 Å². The number of rotatable bonds is 5. The van der Waals surface area contributed by atoms with Crippen LogP contribution in [0.25, 0.3) is 0 Å². The largest absolute Gasteiger partial charge is 0.508 e. The Morgan fingerprint density at radius 1 is 1.10 bits per heavy atom. The fraction of sp³-hybridized carbons (Fsp3) is 0.667. The number of hydrogen-bond acceptors (Lipinski definition) is 2. The third kappa shape index (κ3) is 3.99. The SMILES string of the molecule is CCC1(OC(C)(C)Cc2ccc(O)cc2)CCCCC1. The van der Waals surface area contributed by atoms with Gasteiger partial charge in [0.05, 0.1) is 11.2 Å². The van der Waals surface area contributed by atoms with Gasteiger partial charge < -0.3 is 9.84 Å². The number of aromatic hydroxyl groups is 1. The zero-order chi connectivity index (χ0) is 14.6. The predicted octanol–water partition coefficient (Wildman–Crippen LogP) is 4.84. The van der Waals surface area contributed by atoms with Gasteiger partial charge in [0.2, 0.25) is 0 Å². The molecule has 0 bridgehead atoms. The van der Waals surface area contributed by atoms with E-state index in [1.165, 1.54) is 37.7 Å². The molecule has 0 atom stereocenters. The fourth-order valence-corrected chi connectivity index (χ4v) is 3.45. The van der Waals surface area contributed by atoms with E-state index in [-0.39, 0.29) is 11.2 Å². The minimum Gasteiger partial charge on any atom is -0.508 e. The monoisotopic (exact) mass is 276 g/mol. The molecule has 112 valence electrons. The third-order valence-corrected chi connectivity index (χ3v) is 4.47. The molecule has 0 aromatic heterocycles. The van der Waals surface area contributed by atoms with E-state index < -0.39 is 0 Å². The van der Waals surface area contributed by atoms with Gasteiger partial charge in [-0.2, -0.15) is 0 Å². The average molecular weight is 276 g/mol. The summed E-state index contributed by atoms with van der Waals surface area (Å²) >= 11 is 0.